The highest BCUT2D eigenvalue weighted by Crippen LogP contribution is 2.26. The van der Waals surface area contributed by atoms with E-state index >= 15 is 0 Å². The smallest absolute Gasteiger partial charge is 0.247 e. The molecule has 1 atom stereocenters. The van der Waals surface area contributed by atoms with Crippen molar-refractivity contribution >= 4 is 11.6 Å². The molecule has 0 aliphatic carbocycles. The van der Waals surface area contributed by atoms with Crippen LogP contribution in [0, 0.1) is 6.92 Å². The summed E-state index contributed by atoms with van der Waals surface area (Å²) in [7, 11) is 0. The number of aryl methyl sites for hydroxylation is 1. The number of aromatic nitrogens is 2. The molecule has 1 N–H and O–H groups in total. The summed E-state index contributed by atoms with van der Waals surface area (Å²) in [5.74, 6) is 1.13. The van der Waals surface area contributed by atoms with E-state index < -0.39 is 0 Å². The quantitative estimate of drug-likeness (QED) is 0.905. The molecule has 0 amide bonds. The second-order valence-corrected chi connectivity index (χ2v) is 4.84. The predicted octanol–water partition coefficient (Wildman–Crippen LogP) is 3.76. The Labute approximate surface area is 118 Å². The van der Waals surface area contributed by atoms with Crippen molar-refractivity contribution in [2.24, 2.45) is 0 Å². The highest BCUT2D eigenvalue weighted by Gasteiger charge is 2.16. The van der Waals surface area contributed by atoms with Gasteiger partial charge in [0.15, 0.2) is 0 Å². The summed E-state index contributed by atoms with van der Waals surface area (Å²) in [6, 6.07) is 5.84. The zero-order valence-corrected chi connectivity index (χ0v) is 12.2. The Balaban J connectivity index is 2.27. The molecule has 1 aromatic carbocycles. The second kappa shape index (κ2) is 6.17. The van der Waals surface area contributed by atoms with Gasteiger partial charge in [-0.25, -0.2) is 0 Å². The van der Waals surface area contributed by atoms with Gasteiger partial charge in [-0.15, -0.1) is 10.2 Å². The first-order valence-corrected chi connectivity index (χ1v) is 6.86. The monoisotopic (exact) mass is 279 g/mol. The van der Waals surface area contributed by atoms with Gasteiger partial charge in [-0.2, -0.15) is 0 Å². The van der Waals surface area contributed by atoms with Gasteiger partial charge in [-0.3, -0.25) is 0 Å². The van der Waals surface area contributed by atoms with Crippen LogP contribution in [0.4, 0.5) is 0 Å². The average Bonchev–Trinajstić information content (AvgIpc) is 2.88. The Kier molecular flexibility index (Phi) is 4.56. The highest BCUT2D eigenvalue weighted by molar-refractivity contribution is 6.31. The fourth-order valence-corrected chi connectivity index (χ4v) is 2.05. The van der Waals surface area contributed by atoms with Gasteiger partial charge in [-0.1, -0.05) is 31.5 Å². The van der Waals surface area contributed by atoms with E-state index in [-0.39, 0.29) is 6.04 Å². The molecule has 2 aromatic rings. The van der Waals surface area contributed by atoms with Gasteiger partial charge in [0.25, 0.3) is 0 Å². The number of hydrogen-bond acceptors (Lipinski definition) is 4. The van der Waals surface area contributed by atoms with Crippen molar-refractivity contribution in [3.8, 4) is 11.5 Å². The molecule has 4 nitrogen and oxygen atoms in total. The van der Waals surface area contributed by atoms with Crippen LogP contribution < -0.4 is 5.32 Å². The number of nitrogens with zero attached hydrogens (tertiary/aromatic N) is 2. The predicted molar refractivity (Wildman–Crippen MR) is 76.2 cm³/mol. The molecule has 0 aliphatic heterocycles. The zero-order valence-electron chi connectivity index (χ0n) is 11.4. The molecule has 0 radical (unpaired) electrons. The number of rotatable bonds is 5. The van der Waals surface area contributed by atoms with Crippen molar-refractivity contribution in [2.45, 2.75) is 33.2 Å². The van der Waals surface area contributed by atoms with Crippen molar-refractivity contribution in [3.05, 3.63) is 34.7 Å². The molecule has 0 saturated heterocycles. The standard InChI is InChI=1S/C14H18ClN3O/c1-4-12(16-5-2)14-18-17-13(19-14)10-7-6-9(3)11(15)8-10/h6-8,12,16H,4-5H2,1-3H3. The third kappa shape index (κ3) is 3.14. The Morgan fingerprint density at radius 2 is 2.11 bits per heavy atom. The lowest BCUT2D eigenvalue weighted by Gasteiger charge is -2.10. The van der Waals surface area contributed by atoms with Gasteiger partial charge in [0.05, 0.1) is 6.04 Å². The van der Waals surface area contributed by atoms with Gasteiger partial charge >= 0.3 is 0 Å². The van der Waals surface area contributed by atoms with Gasteiger partial charge in [0.1, 0.15) is 0 Å². The Hall–Kier alpha value is -1.39. The minimum absolute atomic E-state index is 0.104. The van der Waals surface area contributed by atoms with Crippen LogP contribution in [-0.2, 0) is 0 Å². The first-order chi connectivity index (χ1) is 9.15. The molecule has 0 spiro atoms. The Morgan fingerprint density at radius 3 is 2.74 bits per heavy atom. The molecule has 0 bridgehead atoms. The van der Waals surface area contributed by atoms with Crippen molar-refractivity contribution in [3.63, 3.8) is 0 Å². The molecule has 2 rings (SSSR count). The van der Waals surface area contributed by atoms with Crippen LogP contribution in [-0.4, -0.2) is 16.7 Å². The normalized spacial score (nSPS) is 12.6. The Morgan fingerprint density at radius 1 is 1.32 bits per heavy atom. The summed E-state index contributed by atoms with van der Waals surface area (Å²) in [4.78, 5) is 0. The van der Waals surface area contributed by atoms with Crippen LogP contribution in [0.2, 0.25) is 5.02 Å². The molecular weight excluding hydrogens is 262 g/mol. The summed E-state index contributed by atoms with van der Waals surface area (Å²) < 4.78 is 5.73. The molecule has 1 heterocycles. The largest absolute Gasteiger partial charge is 0.419 e. The van der Waals surface area contributed by atoms with Gasteiger partial charge < -0.3 is 9.73 Å². The lowest BCUT2D eigenvalue weighted by molar-refractivity contribution is 0.402. The van der Waals surface area contributed by atoms with E-state index in [9.17, 15) is 0 Å². The summed E-state index contributed by atoms with van der Waals surface area (Å²) >= 11 is 6.11. The zero-order chi connectivity index (χ0) is 13.8. The van der Waals surface area contributed by atoms with E-state index in [1.165, 1.54) is 0 Å². The maximum Gasteiger partial charge on any atom is 0.247 e. The van der Waals surface area contributed by atoms with E-state index in [2.05, 4.69) is 29.4 Å². The molecule has 1 aromatic heterocycles. The van der Waals surface area contributed by atoms with Crippen LogP contribution in [0.15, 0.2) is 22.6 Å². The molecule has 0 saturated carbocycles. The summed E-state index contributed by atoms with van der Waals surface area (Å²) in [5, 5.41) is 12.2. The Bertz CT molecular complexity index is 553. The van der Waals surface area contributed by atoms with Crippen LogP contribution in [0.1, 0.15) is 37.8 Å². The van der Waals surface area contributed by atoms with Crippen molar-refractivity contribution in [1.29, 1.82) is 0 Å². The van der Waals surface area contributed by atoms with Crippen molar-refractivity contribution < 1.29 is 4.42 Å². The van der Waals surface area contributed by atoms with Crippen LogP contribution in [0.25, 0.3) is 11.5 Å². The fraction of sp³-hybridized carbons (Fsp3) is 0.429. The fourth-order valence-electron chi connectivity index (χ4n) is 1.87. The SMILES string of the molecule is CCNC(CC)c1nnc(-c2ccc(C)c(Cl)c2)o1. The maximum absolute atomic E-state index is 6.11. The van der Waals surface area contributed by atoms with E-state index in [0.29, 0.717) is 16.8 Å². The van der Waals surface area contributed by atoms with Crippen LogP contribution in [0.5, 0.6) is 0 Å². The lowest BCUT2D eigenvalue weighted by atomic mass is 10.1. The van der Waals surface area contributed by atoms with E-state index in [0.717, 1.165) is 24.1 Å². The number of benzene rings is 1. The van der Waals surface area contributed by atoms with E-state index in [1.807, 2.05) is 25.1 Å². The van der Waals surface area contributed by atoms with Gasteiger partial charge in [0.2, 0.25) is 11.8 Å². The molecule has 1 unspecified atom stereocenters. The number of hydrogen-bond donors (Lipinski definition) is 1. The third-order valence-corrected chi connectivity index (χ3v) is 3.42. The van der Waals surface area contributed by atoms with Gasteiger partial charge in [-0.05, 0) is 37.6 Å². The van der Waals surface area contributed by atoms with Crippen LogP contribution in [0.3, 0.4) is 0 Å². The second-order valence-electron chi connectivity index (χ2n) is 4.43. The van der Waals surface area contributed by atoms with Crippen molar-refractivity contribution in [2.75, 3.05) is 6.54 Å². The first-order valence-electron chi connectivity index (χ1n) is 6.49. The number of halogens is 1. The van der Waals surface area contributed by atoms with E-state index in [1.54, 1.807) is 0 Å². The molecular formula is C14H18ClN3O. The minimum atomic E-state index is 0.104. The van der Waals surface area contributed by atoms with Gasteiger partial charge in [0, 0.05) is 10.6 Å². The summed E-state index contributed by atoms with van der Waals surface area (Å²) in [6.45, 7) is 6.97. The average molecular weight is 280 g/mol. The summed E-state index contributed by atoms with van der Waals surface area (Å²) in [5.41, 5.74) is 1.88. The lowest BCUT2D eigenvalue weighted by Crippen LogP contribution is -2.20. The molecule has 0 aliphatic rings. The highest BCUT2D eigenvalue weighted by atomic mass is 35.5. The van der Waals surface area contributed by atoms with Crippen LogP contribution >= 0.6 is 11.6 Å². The summed E-state index contributed by atoms with van der Waals surface area (Å²) in [6.07, 6.45) is 0.907. The van der Waals surface area contributed by atoms with E-state index in [4.69, 9.17) is 16.0 Å². The molecule has 5 heteroatoms. The molecule has 19 heavy (non-hydrogen) atoms. The topological polar surface area (TPSA) is 51.0 Å². The first kappa shape index (κ1) is 14.0. The maximum atomic E-state index is 6.11. The molecule has 102 valence electrons. The third-order valence-electron chi connectivity index (χ3n) is 3.02. The molecule has 0 fully saturated rings. The number of nitrogens with one attached hydrogen (secondary N) is 1. The minimum Gasteiger partial charge on any atom is -0.419 e. The van der Waals surface area contributed by atoms with Crippen molar-refractivity contribution in [1.82, 2.24) is 15.5 Å².